The third-order valence-electron chi connectivity index (χ3n) is 2.35. The number of para-hydroxylation sites is 1. The molecule has 1 heterocycles. The number of aryl methyl sites for hydroxylation is 2. The van der Waals surface area contributed by atoms with E-state index in [1.807, 2.05) is 32.0 Å². The van der Waals surface area contributed by atoms with E-state index in [-0.39, 0.29) is 5.69 Å². The molecule has 5 heteroatoms. The first kappa shape index (κ1) is 9.92. The first-order valence-electron chi connectivity index (χ1n) is 4.57. The van der Waals surface area contributed by atoms with Gasteiger partial charge in [-0.05, 0) is 37.2 Å². The van der Waals surface area contributed by atoms with Crippen LogP contribution >= 0.6 is 12.2 Å². The molecular weight excluding hydrogens is 210 g/mol. The molecule has 0 aliphatic heterocycles. The van der Waals surface area contributed by atoms with Crippen molar-refractivity contribution in [2.75, 3.05) is 0 Å². The van der Waals surface area contributed by atoms with Gasteiger partial charge in [0.1, 0.15) is 0 Å². The number of H-pyrrole nitrogens is 2. The Balaban J connectivity index is 2.86. The van der Waals surface area contributed by atoms with Gasteiger partial charge in [-0.15, -0.1) is 0 Å². The molecule has 0 radical (unpaired) electrons. The summed E-state index contributed by atoms with van der Waals surface area (Å²) in [5.74, 6) is 0. The minimum absolute atomic E-state index is 0.239. The highest BCUT2D eigenvalue weighted by Crippen LogP contribution is 2.16. The van der Waals surface area contributed by atoms with Crippen molar-refractivity contribution in [1.82, 2.24) is 14.8 Å². The SMILES string of the molecule is Cc1cccc(C)c1-n1c(=O)[nH][nH]c1=S. The highest BCUT2D eigenvalue weighted by molar-refractivity contribution is 7.71. The minimum atomic E-state index is -0.239. The summed E-state index contributed by atoms with van der Waals surface area (Å²) in [6, 6.07) is 5.87. The van der Waals surface area contributed by atoms with Crippen molar-refractivity contribution in [1.29, 1.82) is 0 Å². The molecular formula is C10H11N3OS. The molecule has 0 unspecified atom stereocenters. The standard InChI is InChI=1S/C10H11N3OS/c1-6-4-3-5-7(2)8(6)13-9(14)11-12-10(13)15/h3-5H,1-2H3,(H,11,14)(H,12,15). The minimum Gasteiger partial charge on any atom is -0.272 e. The molecule has 2 N–H and O–H groups in total. The number of aromatic amines is 2. The van der Waals surface area contributed by atoms with Gasteiger partial charge in [0.05, 0.1) is 5.69 Å². The molecule has 2 rings (SSSR count). The van der Waals surface area contributed by atoms with Crippen LogP contribution < -0.4 is 5.69 Å². The van der Waals surface area contributed by atoms with Gasteiger partial charge in [0.2, 0.25) is 4.77 Å². The predicted molar refractivity (Wildman–Crippen MR) is 61.0 cm³/mol. The molecule has 1 aromatic heterocycles. The zero-order chi connectivity index (χ0) is 11.0. The Kier molecular flexibility index (Phi) is 2.32. The quantitative estimate of drug-likeness (QED) is 0.722. The zero-order valence-electron chi connectivity index (χ0n) is 8.50. The van der Waals surface area contributed by atoms with Gasteiger partial charge in [-0.25, -0.2) is 14.5 Å². The maximum atomic E-state index is 11.6. The molecule has 0 spiro atoms. The number of aromatic nitrogens is 3. The van der Waals surface area contributed by atoms with Gasteiger partial charge in [-0.1, -0.05) is 18.2 Å². The van der Waals surface area contributed by atoms with E-state index in [2.05, 4.69) is 10.2 Å². The van der Waals surface area contributed by atoms with Crippen LogP contribution in [0.15, 0.2) is 23.0 Å². The molecule has 15 heavy (non-hydrogen) atoms. The summed E-state index contributed by atoms with van der Waals surface area (Å²) in [5, 5.41) is 5.10. The molecule has 78 valence electrons. The Morgan fingerprint density at radius 1 is 1.20 bits per heavy atom. The molecule has 0 aliphatic rings. The average molecular weight is 221 g/mol. The summed E-state index contributed by atoms with van der Waals surface area (Å²) in [7, 11) is 0. The second-order valence-corrected chi connectivity index (χ2v) is 3.82. The fraction of sp³-hybridized carbons (Fsp3) is 0.200. The first-order valence-corrected chi connectivity index (χ1v) is 4.98. The summed E-state index contributed by atoms with van der Waals surface area (Å²) >= 11 is 5.05. The van der Waals surface area contributed by atoms with Gasteiger partial charge in [0, 0.05) is 0 Å². The van der Waals surface area contributed by atoms with Crippen molar-refractivity contribution in [3.8, 4) is 5.69 Å². The van der Waals surface area contributed by atoms with Gasteiger partial charge in [-0.3, -0.25) is 5.10 Å². The molecule has 0 amide bonds. The van der Waals surface area contributed by atoms with Crippen molar-refractivity contribution in [3.63, 3.8) is 0 Å². The van der Waals surface area contributed by atoms with Crippen LogP contribution in [0.25, 0.3) is 5.69 Å². The van der Waals surface area contributed by atoms with E-state index in [0.29, 0.717) is 4.77 Å². The van der Waals surface area contributed by atoms with E-state index in [1.54, 1.807) is 0 Å². The maximum absolute atomic E-state index is 11.6. The molecule has 0 saturated heterocycles. The van der Waals surface area contributed by atoms with E-state index in [4.69, 9.17) is 12.2 Å². The first-order chi connectivity index (χ1) is 7.11. The second kappa shape index (κ2) is 3.51. The number of hydrogen-bond donors (Lipinski definition) is 2. The molecule has 4 nitrogen and oxygen atoms in total. The lowest BCUT2D eigenvalue weighted by atomic mass is 10.1. The maximum Gasteiger partial charge on any atom is 0.347 e. The topological polar surface area (TPSA) is 53.6 Å². The van der Waals surface area contributed by atoms with Crippen LogP contribution in [0.2, 0.25) is 0 Å². The van der Waals surface area contributed by atoms with Gasteiger partial charge >= 0.3 is 5.69 Å². The van der Waals surface area contributed by atoms with Crippen LogP contribution in [0.1, 0.15) is 11.1 Å². The zero-order valence-corrected chi connectivity index (χ0v) is 9.31. The monoisotopic (exact) mass is 221 g/mol. The highest BCUT2D eigenvalue weighted by Gasteiger charge is 2.08. The average Bonchev–Trinajstić information content (AvgIpc) is 2.49. The highest BCUT2D eigenvalue weighted by atomic mass is 32.1. The fourth-order valence-electron chi connectivity index (χ4n) is 1.67. The van der Waals surface area contributed by atoms with Gasteiger partial charge in [0.15, 0.2) is 0 Å². The Labute approximate surface area is 91.6 Å². The number of hydrogen-bond acceptors (Lipinski definition) is 2. The molecule has 2 aromatic rings. The van der Waals surface area contributed by atoms with Gasteiger partial charge < -0.3 is 0 Å². The van der Waals surface area contributed by atoms with Crippen LogP contribution in [0.3, 0.4) is 0 Å². The third kappa shape index (κ3) is 1.55. The molecule has 0 aliphatic carbocycles. The molecule has 0 fully saturated rings. The Morgan fingerprint density at radius 2 is 1.80 bits per heavy atom. The van der Waals surface area contributed by atoms with Crippen molar-refractivity contribution in [2.45, 2.75) is 13.8 Å². The largest absolute Gasteiger partial charge is 0.347 e. The summed E-state index contributed by atoms with van der Waals surface area (Å²) < 4.78 is 1.86. The third-order valence-corrected chi connectivity index (χ3v) is 2.63. The molecule has 0 atom stereocenters. The lowest BCUT2D eigenvalue weighted by molar-refractivity contribution is 0.953. The van der Waals surface area contributed by atoms with Gasteiger partial charge in [0.25, 0.3) is 0 Å². The Bertz CT molecular complexity index is 558. The van der Waals surface area contributed by atoms with E-state index in [1.165, 1.54) is 4.57 Å². The molecule has 0 saturated carbocycles. The van der Waals surface area contributed by atoms with Gasteiger partial charge in [-0.2, -0.15) is 0 Å². The lowest BCUT2D eigenvalue weighted by Gasteiger charge is -2.08. The summed E-state index contributed by atoms with van der Waals surface area (Å²) in [6.07, 6.45) is 0. The normalized spacial score (nSPS) is 10.5. The smallest absolute Gasteiger partial charge is 0.272 e. The fourth-order valence-corrected chi connectivity index (χ4v) is 1.90. The number of nitrogens with zero attached hydrogens (tertiary/aromatic N) is 1. The molecule has 1 aromatic carbocycles. The van der Waals surface area contributed by atoms with Crippen molar-refractivity contribution in [3.05, 3.63) is 44.6 Å². The van der Waals surface area contributed by atoms with Crippen LogP contribution in [-0.2, 0) is 0 Å². The number of benzene rings is 1. The van der Waals surface area contributed by atoms with Crippen molar-refractivity contribution < 1.29 is 0 Å². The Hall–Kier alpha value is -1.62. The number of nitrogens with one attached hydrogen (secondary N) is 2. The van der Waals surface area contributed by atoms with E-state index in [0.717, 1.165) is 16.8 Å². The van der Waals surface area contributed by atoms with Crippen molar-refractivity contribution >= 4 is 12.2 Å². The predicted octanol–water partition coefficient (Wildman–Crippen LogP) is 1.84. The Morgan fingerprint density at radius 3 is 2.27 bits per heavy atom. The van der Waals surface area contributed by atoms with E-state index >= 15 is 0 Å². The van der Waals surface area contributed by atoms with E-state index in [9.17, 15) is 4.79 Å². The van der Waals surface area contributed by atoms with Crippen LogP contribution in [0.4, 0.5) is 0 Å². The lowest BCUT2D eigenvalue weighted by Crippen LogP contribution is -2.16. The summed E-state index contributed by atoms with van der Waals surface area (Å²) in [4.78, 5) is 11.6. The number of rotatable bonds is 1. The molecule has 0 bridgehead atoms. The van der Waals surface area contributed by atoms with Crippen molar-refractivity contribution in [2.24, 2.45) is 0 Å². The summed E-state index contributed by atoms with van der Waals surface area (Å²) in [5.41, 5.74) is 2.66. The van der Waals surface area contributed by atoms with Crippen LogP contribution in [-0.4, -0.2) is 14.8 Å². The van der Waals surface area contributed by atoms with Crippen LogP contribution in [0, 0.1) is 18.6 Å². The second-order valence-electron chi connectivity index (χ2n) is 3.44. The van der Waals surface area contributed by atoms with E-state index < -0.39 is 0 Å². The summed E-state index contributed by atoms with van der Waals surface area (Å²) in [6.45, 7) is 3.91. The van der Waals surface area contributed by atoms with Crippen LogP contribution in [0.5, 0.6) is 0 Å².